The van der Waals surface area contributed by atoms with Crippen LogP contribution in [-0.4, -0.2) is 23.8 Å². The standard InChI is InChI=1S/C7H14FNO2/c8-5-3-1-2-4-6(9)7(10)11/h6H,1-5,9H2,(H,10,11)/t6-/m0/s1. The highest BCUT2D eigenvalue weighted by Crippen LogP contribution is 2.02. The lowest BCUT2D eigenvalue weighted by atomic mass is 10.1. The first-order valence-corrected chi connectivity index (χ1v) is 3.73. The number of hydrogen-bond donors (Lipinski definition) is 2. The maximum Gasteiger partial charge on any atom is 0.320 e. The third kappa shape index (κ3) is 5.79. The second-order valence-corrected chi connectivity index (χ2v) is 2.48. The van der Waals surface area contributed by atoms with Crippen LogP contribution in [0.4, 0.5) is 4.39 Å². The molecule has 4 heteroatoms. The van der Waals surface area contributed by atoms with Gasteiger partial charge in [-0.05, 0) is 12.8 Å². The summed E-state index contributed by atoms with van der Waals surface area (Å²) in [5.74, 6) is -0.981. The maximum atomic E-state index is 11.5. The van der Waals surface area contributed by atoms with Gasteiger partial charge in [0.1, 0.15) is 6.04 Å². The molecule has 0 aliphatic heterocycles. The van der Waals surface area contributed by atoms with Gasteiger partial charge < -0.3 is 10.8 Å². The SMILES string of the molecule is N[C@@H](CCCCCF)C(=O)O. The lowest BCUT2D eigenvalue weighted by Crippen LogP contribution is -2.29. The summed E-state index contributed by atoms with van der Waals surface area (Å²) < 4.78 is 11.5. The van der Waals surface area contributed by atoms with Crippen molar-refractivity contribution in [3.8, 4) is 0 Å². The minimum atomic E-state index is -0.981. The summed E-state index contributed by atoms with van der Waals surface area (Å²) in [6.45, 7) is -0.331. The number of halogens is 1. The second-order valence-electron chi connectivity index (χ2n) is 2.48. The number of nitrogens with two attached hydrogens (primary N) is 1. The second kappa shape index (κ2) is 6.09. The number of carboxylic acids is 1. The number of hydrogen-bond acceptors (Lipinski definition) is 2. The monoisotopic (exact) mass is 163 g/mol. The molecule has 0 rings (SSSR count). The fourth-order valence-corrected chi connectivity index (χ4v) is 0.759. The summed E-state index contributed by atoms with van der Waals surface area (Å²) in [5.41, 5.74) is 5.21. The van der Waals surface area contributed by atoms with Crippen molar-refractivity contribution in [1.82, 2.24) is 0 Å². The third-order valence-electron chi connectivity index (χ3n) is 1.47. The van der Waals surface area contributed by atoms with Gasteiger partial charge in [0.15, 0.2) is 0 Å². The molecule has 0 aliphatic rings. The molecular weight excluding hydrogens is 149 g/mol. The van der Waals surface area contributed by atoms with Crippen LogP contribution in [0, 0.1) is 0 Å². The molecule has 0 unspecified atom stereocenters. The Labute approximate surface area is 65.4 Å². The summed E-state index contributed by atoms with van der Waals surface area (Å²) >= 11 is 0. The molecule has 0 radical (unpaired) electrons. The third-order valence-corrected chi connectivity index (χ3v) is 1.47. The number of aliphatic carboxylic acids is 1. The van der Waals surface area contributed by atoms with Gasteiger partial charge in [0, 0.05) is 0 Å². The summed E-state index contributed by atoms with van der Waals surface area (Å²) in [4.78, 5) is 10.2. The summed E-state index contributed by atoms with van der Waals surface area (Å²) in [6, 6.07) is -0.783. The fourth-order valence-electron chi connectivity index (χ4n) is 0.759. The van der Waals surface area contributed by atoms with E-state index in [4.69, 9.17) is 10.8 Å². The van der Waals surface area contributed by atoms with E-state index in [2.05, 4.69) is 0 Å². The highest BCUT2D eigenvalue weighted by atomic mass is 19.1. The normalized spacial score (nSPS) is 12.9. The van der Waals surface area contributed by atoms with Crippen molar-refractivity contribution in [2.24, 2.45) is 5.73 Å². The fraction of sp³-hybridized carbons (Fsp3) is 0.857. The van der Waals surface area contributed by atoms with Gasteiger partial charge in [0.25, 0.3) is 0 Å². The number of alkyl halides is 1. The molecule has 11 heavy (non-hydrogen) atoms. The Morgan fingerprint density at radius 3 is 2.55 bits per heavy atom. The van der Waals surface area contributed by atoms with E-state index >= 15 is 0 Å². The van der Waals surface area contributed by atoms with E-state index in [1.165, 1.54) is 0 Å². The number of unbranched alkanes of at least 4 members (excludes halogenated alkanes) is 2. The lowest BCUT2D eigenvalue weighted by Gasteiger charge is -2.03. The molecule has 0 spiro atoms. The number of carbonyl (C=O) groups is 1. The zero-order valence-electron chi connectivity index (χ0n) is 6.42. The molecule has 0 saturated carbocycles. The average Bonchev–Trinajstić information content (AvgIpc) is 1.97. The maximum absolute atomic E-state index is 11.5. The summed E-state index contributed by atoms with van der Waals surface area (Å²) in [7, 11) is 0. The van der Waals surface area contributed by atoms with Crippen molar-refractivity contribution in [2.75, 3.05) is 6.67 Å². The molecule has 3 N–H and O–H groups in total. The van der Waals surface area contributed by atoms with Gasteiger partial charge >= 0.3 is 5.97 Å². The predicted octanol–water partition coefficient (Wildman–Crippen LogP) is 0.928. The van der Waals surface area contributed by atoms with Crippen molar-refractivity contribution < 1.29 is 14.3 Å². The first-order chi connectivity index (χ1) is 5.18. The van der Waals surface area contributed by atoms with Crippen molar-refractivity contribution >= 4 is 5.97 Å². The van der Waals surface area contributed by atoms with Gasteiger partial charge in [-0.3, -0.25) is 9.18 Å². The van der Waals surface area contributed by atoms with Crippen LogP contribution in [0.3, 0.4) is 0 Å². The van der Waals surface area contributed by atoms with E-state index in [0.29, 0.717) is 19.3 Å². The van der Waals surface area contributed by atoms with Crippen molar-refractivity contribution in [3.63, 3.8) is 0 Å². The first kappa shape index (κ1) is 10.4. The Hall–Kier alpha value is -0.640. The minimum Gasteiger partial charge on any atom is -0.480 e. The zero-order chi connectivity index (χ0) is 8.69. The Kier molecular flexibility index (Phi) is 5.74. The lowest BCUT2D eigenvalue weighted by molar-refractivity contribution is -0.138. The predicted molar refractivity (Wildman–Crippen MR) is 40.1 cm³/mol. The van der Waals surface area contributed by atoms with Crippen LogP contribution in [0.2, 0.25) is 0 Å². The Bertz CT molecular complexity index is 119. The van der Waals surface area contributed by atoms with E-state index in [1.54, 1.807) is 0 Å². The highest BCUT2D eigenvalue weighted by Gasteiger charge is 2.09. The van der Waals surface area contributed by atoms with Gasteiger partial charge in [0.05, 0.1) is 6.67 Å². The molecule has 66 valence electrons. The minimum absolute atomic E-state index is 0.331. The molecule has 0 saturated heterocycles. The molecule has 1 atom stereocenters. The van der Waals surface area contributed by atoms with Gasteiger partial charge in [-0.25, -0.2) is 0 Å². The quantitative estimate of drug-likeness (QED) is 0.572. The largest absolute Gasteiger partial charge is 0.480 e. The average molecular weight is 163 g/mol. The summed E-state index contributed by atoms with van der Waals surface area (Å²) in [5, 5.41) is 8.34. The molecule has 0 aromatic heterocycles. The summed E-state index contributed by atoms with van der Waals surface area (Å²) in [6.07, 6.45) is 2.36. The van der Waals surface area contributed by atoms with Gasteiger partial charge in [-0.2, -0.15) is 0 Å². The topological polar surface area (TPSA) is 63.3 Å². The van der Waals surface area contributed by atoms with Crippen LogP contribution >= 0.6 is 0 Å². The molecule has 0 heterocycles. The molecule has 3 nitrogen and oxygen atoms in total. The Morgan fingerprint density at radius 2 is 2.09 bits per heavy atom. The van der Waals surface area contributed by atoms with Gasteiger partial charge in [-0.1, -0.05) is 12.8 Å². The molecular formula is C7H14FNO2. The molecule has 0 fully saturated rings. The van der Waals surface area contributed by atoms with E-state index < -0.39 is 12.0 Å². The molecule has 0 bridgehead atoms. The van der Waals surface area contributed by atoms with Crippen molar-refractivity contribution in [2.45, 2.75) is 31.7 Å². The highest BCUT2D eigenvalue weighted by molar-refractivity contribution is 5.72. The Morgan fingerprint density at radius 1 is 1.45 bits per heavy atom. The van der Waals surface area contributed by atoms with Crippen LogP contribution in [-0.2, 0) is 4.79 Å². The molecule has 0 aromatic rings. The number of rotatable bonds is 6. The van der Waals surface area contributed by atoms with Crippen molar-refractivity contribution in [1.29, 1.82) is 0 Å². The molecule has 0 aliphatic carbocycles. The van der Waals surface area contributed by atoms with Crippen molar-refractivity contribution in [3.05, 3.63) is 0 Å². The first-order valence-electron chi connectivity index (χ1n) is 3.73. The number of carboxylic acid groups (broad SMARTS) is 1. The van der Waals surface area contributed by atoms with Gasteiger partial charge in [0.2, 0.25) is 0 Å². The molecule has 0 amide bonds. The van der Waals surface area contributed by atoms with Crippen LogP contribution in [0.5, 0.6) is 0 Å². The van der Waals surface area contributed by atoms with E-state index in [1.807, 2.05) is 0 Å². The van der Waals surface area contributed by atoms with E-state index in [9.17, 15) is 9.18 Å². The van der Waals surface area contributed by atoms with E-state index in [0.717, 1.165) is 6.42 Å². The Balaban J connectivity index is 3.17. The van der Waals surface area contributed by atoms with E-state index in [-0.39, 0.29) is 6.67 Å². The van der Waals surface area contributed by atoms with Crippen LogP contribution in [0.15, 0.2) is 0 Å². The zero-order valence-corrected chi connectivity index (χ0v) is 6.42. The van der Waals surface area contributed by atoms with Crippen LogP contribution in [0.25, 0.3) is 0 Å². The molecule has 0 aromatic carbocycles. The van der Waals surface area contributed by atoms with Crippen LogP contribution in [0.1, 0.15) is 25.7 Å². The smallest absolute Gasteiger partial charge is 0.320 e. The van der Waals surface area contributed by atoms with Gasteiger partial charge in [-0.15, -0.1) is 0 Å². The van der Waals surface area contributed by atoms with Crippen LogP contribution < -0.4 is 5.73 Å².